The second-order valence-corrected chi connectivity index (χ2v) is 4.88. The molecular formula is C10H14NO3S-. The molecule has 1 heterocycles. The van der Waals surface area contributed by atoms with Gasteiger partial charge in [-0.2, -0.15) is 0 Å². The SMILES string of the molecule is CC(C)C1SC=CN(C(C)C(=O)[O-])C1=O. The summed E-state index contributed by atoms with van der Waals surface area (Å²) >= 11 is 1.43. The van der Waals surface area contributed by atoms with E-state index in [2.05, 4.69) is 0 Å². The first-order valence-electron chi connectivity index (χ1n) is 4.80. The Balaban J connectivity index is 2.84. The number of amides is 1. The van der Waals surface area contributed by atoms with Crippen LogP contribution in [0.25, 0.3) is 0 Å². The van der Waals surface area contributed by atoms with Crippen LogP contribution in [0.3, 0.4) is 0 Å². The minimum Gasteiger partial charge on any atom is -0.548 e. The summed E-state index contributed by atoms with van der Waals surface area (Å²) in [7, 11) is 0. The molecule has 0 fully saturated rings. The number of carboxylic acids is 1. The summed E-state index contributed by atoms with van der Waals surface area (Å²) in [5, 5.41) is 12.2. The first-order chi connectivity index (χ1) is 6.95. The fourth-order valence-electron chi connectivity index (χ4n) is 1.34. The molecule has 0 saturated carbocycles. The Bertz CT molecular complexity index is 301. The van der Waals surface area contributed by atoms with Gasteiger partial charge in [0.1, 0.15) is 0 Å². The van der Waals surface area contributed by atoms with E-state index in [1.54, 1.807) is 5.41 Å². The molecule has 2 atom stereocenters. The molecule has 0 saturated heterocycles. The lowest BCUT2D eigenvalue weighted by atomic mass is 10.1. The Morgan fingerprint density at radius 3 is 2.60 bits per heavy atom. The van der Waals surface area contributed by atoms with E-state index in [-0.39, 0.29) is 17.1 Å². The van der Waals surface area contributed by atoms with Crippen molar-refractivity contribution in [2.75, 3.05) is 0 Å². The van der Waals surface area contributed by atoms with Gasteiger partial charge in [-0.1, -0.05) is 13.8 Å². The summed E-state index contributed by atoms with van der Waals surface area (Å²) in [4.78, 5) is 23.8. The van der Waals surface area contributed by atoms with Gasteiger partial charge in [0.05, 0.1) is 17.3 Å². The van der Waals surface area contributed by atoms with E-state index < -0.39 is 12.0 Å². The highest BCUT2D eigenvalue weighted by molar-refractivity contribution is 8.03. The topological polar surface area (TPSA) is 60.4 Å². The molecule has 4 nitrogen and oxygen atoms in total. The first-order valence-corrected chi connectivity index (χ1v) is 5.74. The van der Waals surface area contributed by atoms with Crippen LogP contribution in [-0.4, -0.2) is 28.1 Å². The van der Waals surface area contributed by atoms with Gasteiger partial charge < -0.3 is 14.8 Å². The van der Waals surface area contributed by atoms with E-state index in [9.17, 15) is 14.7 Å². The summed E-state index contributed by atoms with van der Waals surface area (Å²) < 4.78 is 0. The molecule has 1 aliphatic rings. The van der Waals surface area contributed by atoms with Crippen molar-refractivity contribution in [1.82, 2.24) is 4.90 Å². The number of thioether (sulfide) groups is 1. The van der Waals surface area contributed by atoms with Crippen molar-refractivity contribution < 1.29 is 14.7 Å². The largest absolute Gasteiger partial charge is 0.548 e. The van der Waals surface area contributed by atoms with Crippen LogP contribution in [0.15, 0.2) is 11.6 Å². The Kier molecular flexibility index (Phi) is 3.79. The predicted octanol–water partition coefficient (Wildman–Crippen LogP) is 0.196. The number of aliphatic carboxylic acids is 1. The third-order valence-electron chi connectivity index (χ3n) is 2.31. The number of hydrogen-bond acceptors (Lipinski definition) is 4. The van der Waals surface area contributed by atoms with E-state index in [0.717, 1.165) is 0 Å². The van der Waals surface area contributed by atoms with Crippen molar-refractivity contribution in [2.45, 2.75) is 32.1 Å². The number of nitrogens with zero attached hydrogens (tertiary/aromatic N) is 1. The molecule has 0 aromatic heterocycles. The van der Waals surface area contributed by atoms with E-state index in [1.807, 2.05) is 13.8 Å². The number of carbonyl (C=O) groups is 2. The van der Waals surface area contributed by atoms with Crippen molar-refractivity contribution in [3.63, 3.8) is 0 Å². The molecule has 0 aliphatic carbocycles. The van der Waals surface area contributed by atoms with Crippen molar-refractivity contribution in [3.8, 4) is 0 Å². The van der Waals surface area contributed by atoms with Crippen LogP contribution in [0.2, 0.25) is 0 Å². The average molecular weight is 228 g/mol. The highest BCUT2D eigenvalue weighted by Crippen LogP contribution is 2.28. The van der Waals surface area contributed by atoms with Gasteiger partial charge in [-0.3, -0.25) is 4.79 Å². The maximum atomic E-state index is 11.9. The molecule has 5 heteroatoms. The van der Waals surface area contributed by atoms with Crippen molar-refractivity contribution in [2.24, 2.45) is 5.92 Å². The number of rotatable bonds is 3. The maximum absolute atomic E-state index is 11.9. The molecular weight excluding hydrogens is 214 g/mol. The van der Waals surface area contributed by atoms with Gasteiger partial charge in [-0.25, -0.2) is 0 Å². The smallest absolute Gasteiger partial charge is 0.240 e. The maximum Gasteiger partial charge on any atom is 0.240 e. The molecule has 0 aromatic carbocycles. The molecule has 15 heavy (non-hydrogen) atoms. The van der Waals surface area contributed by atoms with Crippen LogP contribution in [0.1, 0.15) is 20.8 Å². The van der Waals surface area contributed by atoms with Crippen LogP contribution in [-0.2, 0) is 9.59 Å². The quantitative estimate of drug-likeness (QED) is 0.692. The van der Waals surface area contributed by atoms with Crippen LogP contribution >= 0.6 is 11.8 Å². The van der Waals surface area contributed by atoms with Crippen molar-refractivity contribution >= 4 is 23.6 Å². The minimum absolute atomic E-state index is 0.158. The second-order valence-electron chi connectivity index (χ2n) is 3.83. The van der Waals surface area contributed by atoms with E-state index in [1.165, 1.54) is 29.8 Å². The van der Waals surface area contributed by atoms with Gasteiger partial charge in [0.15, 0.2) is 0 Å². The minimum atomic E-state index is -1.23. The molecule has 0 radical (unpaired) electrons. The monoisotopic (exact) mass is 228 g/mol. The summed E-state index contributed by atoms with van der Waals surface area (Å²) in [6, 6.07) is -0.907. The van der Waals surface area contributed by atoms with Crippen LogP contribution < -0.4 is 5.11 Å². The van der Waals surface area contributed by atoms with Gasteiger partial charge in [-0.15, -0.1) is 11.8 Å². The zero-order valence-electron chi connectivity index (χ0n) is 8.97. The summed E-state index contributed by atoms with van der Waals surface area (Å²) in [6.07, 6.45) is 1.51. The average Bonchev–Trinajstić information content (AvgIpc) is 2.16. The van der Waals surface area contributed by atoms with Crippen LogP contribution in [0, 0.1) is 5.92 Å². The fraction of sp³-hybridized carbons (Fsp3) is 0.600. The van der Waals surface area contributed by atoms with Gasteiger partial charge in [0.25, 0.3) is 0 Å². The molecule has 1 aliphatic heterocycles. The van der Waals surface area contributed by atoms with Gasteiger partial charge in [0, 0.05) is 6.20 Å². The van der Waals surface area contributed by atoms with Crippen molar-refractivity contribution in [1.29, 1.82) is 0 Å². The van der Waals surface area contributed by atoms with E-state index in [4.69, 9.17) is 0 Å². The summed E-state index contributed by atoms with van der Waals surface area (Å²) in [5.41, 5.74) is 0. The lowest BCUT2D eigenvalue weighted by molar-refractivity contribution is -0.310. The third kappa shape index (κ3) is 2.53. The van der Waals surface area contributed by atoms with Crippen molar-refractivity contribution in [3.05, 3.63) is 11.6 Å². The van der Waals surface area contributed by atoms with Crippen LogP contribution in [0.5, 0.6) is 0 Å². The molecule has 0 aromatic rings. The predicted molar refractivity (Wildman–Crippen MR) is 56.7 cm³/mol. The van der Waals surface area contributed by atoms with E-state index in [0.29, 0.717) is 0 Å². The lowest BCUT2D eigenvalue weighted by Crippen LogP contribution is -2.50. The van der Waals surface area contributed by atoms with Gasteiger partial charge >= 0.3 is 0 Å². The Morgan fingerprint density at radius 2 is 2.13 bits per heavy atom. The normalized spacial score (nSPS) is 23.3. The first kappa shape index (κ1) is 12.1. The summed E-state index contributed by atoms with van der Waals surface area (Å²) in [5.74, 6) is -1.21. The third-order valence-corrected chi connectivity index (χ3v) is 3.63. The highest BCUT2D eigenvalue weighted by Gasteiger charge is 2.31. The second kappa shape index (κ2) is 4.70. The number of carboxylic acid groups (broad SMARTS) is 1. The molecule has 0 spiro atoms. The van der Waals surface area contributed by atoms with Gasteiger partial charge in [-0.05, 0) is 18.2 Å². The Hall–Kier alpha value is -0.970. The molecule has 1 rings (SSSR count). The molecule has 1 amide bonds. The Morgan fingerprint density at radius 1 is 1.53 bits per heavy atom. The molecule has 2 unspecified atom stereocenters. The Labute approximate surface area is 93.3 Å². The zero-order valence-corrected chi connectivity index (χ0v) is 9.78. The number of hydrogen-bond donors (Lipinski definition) is 0. The molecule has 0 N–H and O–H groups in total. The zero-order chi connectivity index (χ0) is 11.6. The fourth-order valence-corrected chi connectivity index (χ4v) is 2.26. The summed E-state index contributed by atoms with van der Waals surface area (Å²) in [6.45, 7) is 5.33. The lowest BCUT2D eigenvalue weighted by Gasteiger charge is -2.33. The van der Waals surface area contributed by atoms with E-state index >= 15 is 0 Å². The van der Waals surface area contributed by atoms with Crippen LogP contribution in [0.4, 0.5) is 0 Å². The van der Waals surface area contributed by atoms with Gasteiger partial charge in [0.2, 0.25) is 5.91 Å². The standard InChI is InChI=1S/C10H15NO3S/c1-6(2)8-9(12)11(4-5-15-8)7(3)10(13)14/h4-8H,1-3H3,(H,13,14)/p-1. The number of carbonyl (C=O) groups excluding carboxylic acids is 2. The highest BCUT2D eigenvalue weighted by atomic mass is 32.2. The molecule has 84 valence electrons. The molecule has 0 bridgehead atoms.